The van der Waals surface area contributed by atoms with E-state index in [-0.39, 0.29) is 18.5 Å². The molecule has 2 aliphatic rings. The first-order valence-corrected chi connectivity index (χ1v) is 11.8. The van der Waals surface area contributed by atoms with Crippen molar-refractivity contribution in [2.75, 3.05) is 47.0 Å². The Balaban J connectivity index is 1.49. The number of rotatable bonds is 9. The lowest BCUT2D eigenvalue weighted by molar-refractivity contribution is -0.136. The second-order valence-corrected chi connectivity index (χ2v) is 9.17. The first kappa shape index (κ1) is 24.2. The minimum Gasteiger partial charge on any atom is -0.497 e. The molecule has 34 heavy (non-hydrogen) atoms. The van der Waals surface area contributed by atoms with E-state index in [1.807, 2.05) is 47.1 Å². The number of benzene rings is 1. The number of nitrogens with zero attached hydrogens (tertiary/aromatic N) is 5. The Bertz CT molecular complexity index is 1010. The van der Waals surface area contributed by atoms with Gasteiger partial charge in [-0.25, -0.2) is 4.79 Å². The molecule has 2 aliphatic heterocycles. The fourth-order valence-electron chi connectivity index (χ4n) is 5.01. The van der Waals surface area contributed by atoms with Crippen molar-refractivity contribution in [3.05, 3.63) is 47.3 Å². The average Bonchev–Trinajstić information content (AvgIpc) is 3.26. The van der Waals surface area contributed by atoms with Crippen LogP contribution in [0.3, 0.4) is 0 Å². The van der Waals surface area contributed by atoms with Crippen LogP contribution in [0.1, 0.15) is 29.7 Å². The minimum absolute atomic E-state index is 0.0820. The molecule has 2 aromatic rings. The van der Waals surface area contributed by atoms with E-state index in [2.05, 4.69) is 16.9 Å². The van der Waals surface area contributed by atoms with E-state index < -0.39 is 5.54 Å². The van der Waals surface area contributed by atoms with E-state index in [0.29, 0.717) is 32.4 Å². The molecule has 2 fully saturated rings. The van der Waals surface area contributed by atoms with Crippen LogP contribution in [0.4, 0.5) is 4.79 Å². The third-order valence-corrected chi connectivity index (χ3v) is 7.34. The highest BCUT2D eigenvalue weighted by Crippen LogP contribution is 2.38. The smallest absolute Gasteiger partial charge is 0.327 e. The number of urea groups is 1. The van der Waals surface area contributed by atoms with Crippen molar-refractivity contribution in [3.8, 4) is 5.75 Å². The molecule has 9 heteroatoms. The largest absolute Gasteiger partial charge is 0.497 e. The molecule has 0 aliphatic carbocycles. The Morgan fingerprint density at radius 1 is 1.06 bits per heavy atom. The summed E-state index contributed by atoms with van der Waals surface area (Å²) in [7, 11) is 5.17. The summed E-state index contributed by atoms with van der Waals surface area (Å²) in [4.78, 5) is 32.5. The molecule has 184 valence electrons. The van der Waals surface area contributed by atoms with Gasteiger partial charge in [-0.3, -0.25) is 19.3 Å². The normalized spacial score (nSPS) is 18.4. The van der Waals surface area contributed by atoms with Crippen LogP contribution >= 0.6 is 0 Å². The fourth-order valence-corrected chi connectivity index (χ4v) is 5.01. The van der Waals surface area contributed by atoms with Crippen LogP contribution in [-0.2, 0) is 29.5 Å². The predicted molar refractivity (Wildman–Crippen MR) is 128 cm³/mol. The number of methoxy groups -OCH3 is 2. The van der Waals surface area contributed by atoms with Gasteiger partial charge in [0.15, 0.2) is 0 Å². The summed E-state index contributed by atoms with van der Waals surface area (Å²) in [6.07, 6.45) is 3.85. The SMILES string of the molecule is COCCN1C(=O)N(CCc2ccc(OC)cc2)C2(CCN(Cc3cnn(C)c3C)CC2)C1=O. The van der Waals surface area contributed by atoms with Crippen LogP contribution in [0.25, 0.3) is 0 Å². The maximum absolute atomic E-state index is 13.6. The van der Waals surface area contributed by atoms with Crippen molar-refractivity contribution in [2.45, 2.75) is 38.3 Å². The van der Waals surface area contributed by atoms with E-state index in [0.717, 1.165) is 36.6 Å². The lowest BCUT2D eigenvalue weighted by Crippen LogP contribution is -2.56. The lowest BCUT2D eigenvalue weighted by Gasteiger charge is -2.42. The Hall–Kier alpha value is -2.91. The summed E-state index contributed by atoms with van der Waals surface area (Å²) in [6.45, 7) is 5.51. The standard InChI is InChI=1S/C25H35N5O4/c1-19-21(17-26-27(19)2)18-28-13-10-25(11-14-28)23(31)29(15-16-33-3)24(32)30(25)12-9-20-5-7-22(34-4)8-6-20/h5-8,17H,9-16,18H2,1-4H3. The summed E-state index contributed by atoms with van der Waals surface area (Å²) >= 11 is 0. The first-order chi connectivity index (χ1) is 16.4. The molecule has 1 spiro atoms. The average molecular weight is 470 g/mol. The van der Waals surface area contributed by atoms with E-state index in [1.54, 1.807) is 14.2 Å². The van der Waals surface area contributed by atoms with Gasteiger partial charge in [0.25, 0.3) is 5.91 Å². The topological polar surface area (TPSA) is 80.1 Å². The summed E-state index contributed by atoms with van der Waals surface area (Å²) in [6, 6.07) is 7.66. The Morgan fingerprint density at radius 3 is 2.35 bits per heavy atom. The zero-order valence-corrected chi connectivity index (χ0v) is 20.6. The highest BCUT2D eigenvalue weighted by molar-refractivity contribution is 6.07. The van der Waals surface area contributed by atoms with Gasteiger partial charge in [-0.1, -0.05) is 12.1 Å². The van der Waals surface area contributed by atoms with Crippen LogP contribution in [0, 0.1) is 6.92 Å². The van der Waals surface area contributed by atoms with Crippen molar-refractivity contribution in [3.63, 3.8) is 0 Å². The number of aryl methyl sites for hydroxylation is 1. The number of amides is 3. The van der Waals surface area contributed by atoms with Gasteiger partial charge in [0.05, 0.1) is 26.5 Å². The molecule has 0 N–H and O–H groups in total. The van der Waals surface area contributed by atoms with E-state index >= 15 is 0 Å². The van der Waals surface area contributed by atoms with Crippen LogP contribution in [0.5, 0.6) is 5.75 Å². The molecule has 0 atom stereocenters. The van der Waals surface area contributed by atoms with Gasteiger partial charge >= 0.3 is 6.03 Å². The van der Waals surface area contributed by atoms with Crippen LogP contribution in [0.2, 0.25) is 0 Å². The van der Waals surface area contributed by atoms with E-state index in [9.17, 15) is 9.59 Å². The molecule has 2 saturated heterocycles. The molecular formula is C25H35N5O4. The number of carbonyl (C=O) groups is 2. The number of hydrogen-bond donors (Lipinski definition) is 0. The van der Waals surface area contributed by atoms with Gasteiger partial charge in [-0.2, -0.15) is 5.10 Å². The molecule has 0 unspecified atom stereocenters. The fraction of sp³-hybridized carbons (Fsp3) is 0.560. The number of carbonyl (C=O) groups excluding carboxylic acids is 2. The monoisotopic (exact) mass is 469 g/mol. The van der Waals surface area contributed by atoms with Crippen LogP contribution in [-0.4, -0.2) is 89.0 Å². The van der Waals surface area contributed by atoms with Gasteiger partial charge in [0.1, 0.15) is 11.3 Å². The Morgan fingerprint density at radius 2 is 1.76 bits per heavy atom. The number of hydrogen-bond acceptors (Lipinski definition) is 6. The third-order valence-electron chi connectivity index (χ3n) is 7.34. The number of imide groups is 1. The van der Waals surface area contributed by atoms with Gasteiger partial charge in [0.2, 0.25) is 0 Å². The van der Waals surface area contributed by atoms with Crippen molar-refractivity contribution in [2.24, 2.45) is 7.05 Å². The number of piperidine rings is 1. The maximum Gasteiger partial charge on any atom is 0.327 e. The van der Waals surface area contributed by atoms with Gasteiger partial charge in [-0.05, 0) is 43.9 Å². The summed E-state index contributed by atoms with van der Waals surface area (Å²) in [5.74, 6) is 0.719. The van der Waals surface area contributed by atoms with Crippen molar-refractivity contribution in [1.82, 2.24) is 24.5 Å². The number of aromatic nitrogens is 2. The Kier molecular flexibility index (Phi) is 7.23. The van der Waals surface area contributed by atoms with Crippen molar-refractivity contribution in [1.29, 1.82) is 0 Å². The second kappa shape index (κ2) is 10.1. The summed E-state index contributed by atoms with van der Waals surface area (Å²) in [5, 5.41) is 4.35. The minimum atomic E-state index is -0.780. The molecule has 3 amide bonds. The first-order valence-electron chi connectivity index (χ1n) is 11.8. The molecule has 0 saturated carbocycles. The lowest BCUT2D eigenvalue weighted by atomic mass is 9.85. The molecule has 9 nitrogen and oxygen atoms in total. The molecule has 0 radical (unpaired) electrons. The molecule has 1 aromatic heterocycles. The van der Waals surface area contributed by atoms with Gasteiger partial charge < -0.3 is 14.4 Å². The highest BCUT2D eigenvalue weighted by atomic mass is 16.5. The zero-order chi connectivity index (χ0) is 24.3. The molecule has 3 heterocycles. The molecular weight excluding hydrogens is 434 g/mol. The van der Waals surface area contributed by atoms with Gasteiger partial charge in [-0.15, -0.1) is 0 Å². The summed E-state index contributed by atoms with van der Waals surface area (Å²) in [5.41, 5.74) is 2.68. The molecule has 1 aromatic carbocycles. The third kappa shape index (κ3) is 4.54. The summed E-state index contributed by atoms with van der Waals surface area (Å²) < 4.78 is 12.3. The molecule has 4 rings (SSSR count). The van der Waals surface area contributed by atoms with E-state index in [1.165, 1.54) is 10.5 Å². The quantitative estimate of drug-likeness (QED) is 0.524. The highest BCUT2D eigenvalue weighted by Gasteiger charge is 2.57. The van der Waals surface area contributed by atoms with Crippen LogP contribution < -0.4 is 4.74 Å². The predicted octanol–water partition coefficient (Wildman–Crippen LogP) is 2.23. The second-order valence-electron chi connectivity index (χ2n) is 9.17. The number of likely N-dealkylation sites (tertiary alicyclic amines) is 1. The van der Waals surface area contributed by atoms with E-state index in [4.69, 9.17) is 9.47 Å². The van der Waals surface area contributed by atoms with Crippen molar-refractivity contribution >= 4 is 11.9 Å². The zero-order valence-electron chi connectivity index (χ0n) is 20.6. The molecule has 0 bridgehead atoms. The van der Waals surface area contributed by atoms with Crippen molar-refractivity contribution < 1.29 is 19.1 Å². The number of ether oxygens (including phenoxy) is 2. The van der Waals surface area contributed by atoms with Gasteiger partial charge in [0, 0.05) is 51.6 Å². The maximum atomic E-state index is 13.6. The Labute approximate surface area is 201 Å². The van der Waals surface area contributed by atoms with Crippen LogP contribution in [0.15, 0.2) is 30.5 Å².